The molecule has 1 unspecified atom stereocenters. The van der Waals surface area contributed by atoms with Crippen LogP contribution in [0.2, 0.25) is 5.02 Å². The van der Waals surface area contributed by atoms with Gasteiger partial charge in [0.2, 0.25) is 21.8 Å². The molecule has 1 saturated heterocycles. The predicted molar refractivity (Wildman–Crippen MR) is 231 cm³/mol. The number of morpholine rings is 1. The molecule has 1 aliphatic heterocycles. The van der Waals surface area contributed by atoms with Gasteiger partial charge in [0.15, 0.2) is 5.82 Å². The quantitative estimate of drug-likeness (QED) is 0.108. The van der Waals surface area contributed by atoms with Crippen LogP contribution in [0.5, 0.6) is 0 Å². The number of benzene rings is 3. The first-order valence-electron chi connectivity index (χ1n) is 20.7. The Kier molecular flexibility index (Phi) is 13.2. The van der Waals surface area contributed by atoms with Crippen LogP contribution in [0.15, 0.2) is 53.3 Å². The van der Waals surface area contributed by atoms with Crippen LogP contribution in [0.25, 0.3) is 27.5 Å². The lowest BCUT2D eigenvalue weighted by atomic mass is 10.0. The number of fused-ring (bicyclic) bond motifs is 2. The van der Waals surface area contributed by atoms with Gasteiger partial charge >= 0.3 is 0 Å². The number of aryl methyl sites for hydroxylation is 2. The zero-order valence-corrected chi connectivity index (χ0v) is 36.9. The molecular weight excluding hydrogens is 920 g/mol. The Morgan fingerprint density at radius 2 is 1.73 bits per heavy atom. The predicted octanol–water partition coefficient (Wildman–Crippen LogP) is 6.14. The molecule has 4 heterocycles. The molecule has 2 aliphatic rings. The number of nitrogens with zero attached hydrogens (tertiary/aromatic N) is 7. The van der Waals surface area contributed by atoms with E-state index in [9.17, 15) is 44.3 Å². The Balaban J connectivity index is 1.29. The summed E-state index contributed by atoms with van der Waals surface area (Å²) in [6.45, 7) is -1.30. The molecule has 0 bridgehead atoms. The first-order valence-corrected chi connectivity index (χ1v) is 23.0. The lowest BCUT2D eigenvalue weighted by molar-refractivity contribution is -0.135. The summed E-state index contributed by atoms with van der Waals surface area (Å²) in [5.74, 6) is -4.80. The van der Waals surface area contributed by atoms with E-state index >= 15 is 4.79 Å². The second-order valence-electron chi connectivity index (χ2n) is 16.3. The minimum Gasteiger partial charge on any atom is -0.378 e. The van der Waals surface area contributed by atoms with Crippen molar-refractivity contribution in [3.63, 3.8) is 0 Å². The Hall–Kier alpha value is -6.00. The molecule has 23 heteroatoms. The zero-order valence-electron chi connectivity index (χ0n) is 35.3. The monoisotopic (exact) mass is 961 g/mol. The van der Waals surface area contributed by atoms with Crippen LogP contribution in [0.3, 0.4) is 0 Å². The highest BCUT2D eigenvalue weighted by Gasteiger charge is 2.44. The van der Waals surface area contributed by atoms with Crippen molar-refractivity contribution in [1.82, 2.24) is 39.3 Å². The van der Waals surface area contributed by atoms with E-state index in [1.54, 1.807) is 17.0 Å². The summed E-state index contributed by atoms with van der Waals surface area (Å²) in [5.41, 5.74) is -1.22. The molecule has 1 aliphatic carbocycles. The van der Waals surface area contributed by atoms with Gasteiger partial charge in [-0.2, -0.15) is 10.2 Å². The van der Waals surface area contributed by atoms with E-state index < -0.39 is 89.4 Å². The number of anilines is 1. The average molecular weight is 962 g/mol. The van der Waals surface area contributed by atoms with Crippen molar-refractivity contribution in [2.45, 2.75) is 57.3 Å². The van der Waals surface area contributed by atoms with E-state index in [0.29, 0.717) is 37.9 Å². The molecule has 3 aromatic heterocycles. The van der Waals surface area contributed by atoms with Crippen molar-refractivity contribution < 1.29 is 49.1 Å². The molecule has 6 aromatic rings. The number of hydrogen-bond donors (Lipinski definition) is 2. The number of nitrogens with one attached hydrogen (secondary N) is 2. The molecule has 0 radical (unpaired) electrons. The molecule has 3 aromatic carbocycles. The highest BCUT2D eigenvalue weighted by Crippen LogP contribution is 2.51. The van der Waals surface area contributed by atoms with E-state index in [4.69, 9.17) is 21.3 Å². The van der Waals surface area contributed by atoms with Crippen molar-refractivity contribution in [2.75, 3.05) is 44.0 Å². The minimum atomic E-state index is -3.92. The van der Waals surface area contributed by atoms with Gasteiger partial charge in [0.1, 0.15) is 36.4 Å². The Morgan fingerprint density at radius 1 is 1.00 bits per heavy atom. The second-order valence-corrected chi connectivity index (χ2v) is 18.4. The smallest absolute Gasteiger partial charge is 0.282 e. The molecule has 2 N–H and O–H groups in total. The van der Waals surface area contributed by atoms with E-state index in [1.165, 1.54) is 29.9 Å². The van der Waals surface area contributed by atoms with Gasteiger partial charge in [-0.05, 0) is 72.2 Å². The van der Waals surface area contributed by atoms with Gasteiger partial charge in [-0.15, -0.1) is 0 Å². The van der Waals surface area contributed by atoms with E-state index in [0.717, 1.165) is 27.6 Å². The number of hydrogen-bond acceptors (Lipinski definition) is 9. The topological polar surface area (TPSA) is 175 Å². The molecule has 66 heavy (non-hydrogen) atoms. The number of carbonyl (C=O) groups is 2. The third kappa shape index (κ3) is 9.61. The molecule has 1 saturated carbocycles. The van der Waals surface area contributed by atoms with Crippen molar-refractivity contribution >= 4 is 61.1 Å². The highest BCUT2D eigenvalue weighted by molar-refractivity contribution is 7.92. The SMILES string of the molecule is Cn1nc(NS(C)(=O)=O)c2c(Cl)ccc(-n3c(C(Cc4cc(F)cc(F)c4)NC(=O)Cn4nc(C(F)F)c([C@H]5C[C@H]5CF)c4CF)nc4cc(CCC(=O)N5CCOCC5)ccc4c3=O)c21. The van der Waals surface area contributed by atoms with Gasteiger partial charge in [0.25, 0.3) is 12.0 Å². The van der Waals surface area contributed by atoms with Crippen molar-refractivity contribution in [2.24, 2.45) is 13.0 Å². The number of aromatic nitrogens is 6. The van der Waals surface area contributed by atoms with Crippen molar-refractivity contribution in [3.8, 4) is 5.69 Å². The molecule has 15 nitrogen and oxygen atoms in total. The van der Waals surface area contributed by atoms with Gasteiger partial charge < -0.3 is 15.0 Å². The summed E-state index contributed by atoms with van der Waals surface area (Å²) in [6.07, 6.45) is -2.18. The van der Waals surface area contributed by atoms with Crippen molar-refractivity contribution in [3.05, 3.63) is 109 Å². The van der Waals surface area contributed by atoms with Crippen molar-refractivity contribution in [1.29, 1.82) is 0 Å². The largest absolute Gasteiger partial charge is 0.378 e. The molecule has 0 spiro atoms. The fourth-order valence-electron chi connectivity index (χ4n) is 8.57. The summed E-state index contributed by atoms with van der Waals surface area (Å²) >= 11 is 6.65. The number of alkyl halides is 4. The summed E-state index contributed by atoms with van der Waals surface area (Å²) in [5, 5.41) is 11.1. The highest BCUT2D eigenvalue weighted by atomic mass is 35.5. The summed E-state index contributed by atoms with van der Waals surface area (Å²) in [6, 6.07) is 8.66. The van der Waals surface area contributed by atoms with Crippen LogP contribution in [0, 0.1) is 17.6 Å². The first-order chi connectivity index (χ1) is 31.4. The minimum absolute atomic E-state index is 0.0210. The Bertz CT molecular complexity index is 3030. The number of rotatable bonds is 16. The Labute approximate surface area is 377 Å². The van der Waals surface area contributed by atoms with Gasteiger partial charge in [-0.3, -0.25) is 37.4 Å². The molecule has 2 fully saturated rings. The normalized spacial score (nSPS) is 16.9. The zero-order chi connectivity index (χ0) is 47.2. The fraction of sp³-hybridized carbons (Fsp3) is 0.395. The molecular formula is C43H42ClF6N9O6S. The molecule has 3 atom stereocenters. The number of ether oxygens (including phenoxy) is 1. The maximum absolute atomic E-state index is 15.0. The summed E-state index contributed by atoms with van der Waals surface area (Å²) < 4.78 is 122. The molecule has 2 amide bonds. The maximum atomic E-state index is 15.0. The van der Waals surface area contributed by atoms with Gasteiger partial charge in [0.05, 0.1) is 70.4 Å². The molecule has 8 rings (SSSR count). The summed E-state index contributed by atoms with van der Waals surface area (Å²) in [4.78, 5) is 48.9. The van der Waals surface area contributed by atoms with E-state index in [-0.39, 0.29) is 86.1 Å². The Morgan fingerprint density at radius 3 is 2.38 bits per heavy atom. The third-order valence-corrected chi connectivity index (χ3v) is 12.5. The average Bonchev–Trinajstić information content (AvgIpc) is 3.85. The first kappa shape index (κ1) is 46.5. The number of carbonyl (C=O) groups excluding carboxylic acids is 2. The van der Waals surface area contributed by atoms with Gasteiger partial charge in [-0.25, -0.2) is 35.4 Å². The number of halogens is 7. The van der Waals surface area contributed by atoms with Gasteiger partial charge in [0, 0.05) is 44.6 Å². The third-order valence-electron chi connectivity index (χ3n) is 11.6. The fourth-order valence-corrected chi connectivity index (χ4v) is 9.30. The van der Waals surface area contributed by atoms with Crippen LogP contribution in [-0.2, 0) is 57.5 Å². The second kappa shape index (κ2) is 18.7. The maximum Gasteiger partial charge on any atom is 0.282 e. The number of amides is 2. The van der Waals surface area contributed by atoms with Crippen LogP contribution in [-0.4, -0.2) is 93.5 Å². The summed E-state index contributed by atoms with van der Waals surface area (Å²) in [7, 11) is -2.46. The van der Waals surface area contributed by atoms with E-state index in [1.807, 2.05) is 0 Å². The molecule has 350 valence electrons. The lowest BCUT2D eigenvalue weighted by Gasteiger charge is -2.26. The number of sulfonamides is 1. The van der Waals surface area contributed by atoms with Gasteiger partial charge in [-0.1, -0.05) is 17.7 Å². The van der Waals surface area contributed by atoms with Crippen LogP contribution < -0.4 is 15.6 Å². The lowest BCUT2D eigenvalue weighted by Crippen LogP contribution is -2.40. The van der Waals surface area contributed by atoms with Crippen LogP contribution >= 0.6 is 11.6 Å². The van der Waals surface area contributed by atoms with Crippen LogP contribution in [0.1, 0.15) is 65.1 Å². The van der Waals surface area contributed by atoms with Crippen LogP contribution in [0.4, 0.5) is 32.2 Å². The van der Waals surface area contributed by atoms with E-state index in [2.05, 4.69) is 20.2 Å². The standard InChI is InChI=1S/C43H42ClF6N9O6S/c1-56-39-32(7-6-29(44)37(39)41(54-56)55-66(2,63)64)59-42(52-30-15-22(3-5-27(30)43(59)62)4-8-35(61)57-9-11-65-12-10-57)31(16-23-13-25(47)18-26(48)14-23)51-34(60)21-58-33(20-46)36(28-17-24(28)19-45)38(53-58)40(49)50/h3,5-7,13-15,18,24,28,31,40H,4,8-12,16-17,19-21H2,1-2H3,(H,51,60)(H,54,55)/t24-,28-,31?/m0/s1.